The predicted molar refractivity (Wildman–Crippen MR) is 212 cm³/mol. The van der Waals surface area contributed by atoms with Gasteiger partial charge >= 0.3 is 13.8 Å². The van der Waals surface area contributed by atoms with E-state index >= 15 is 0 Å². The fourth-order valence-electron chi connectivity index (χ4n) is 6.13. The second kappa shape index (κ2) is 32.6. The topological polar surface area (TPSA) is 192 Å². The summed E-state index contributed by atoms with van der Waals surface area (Å²) in [7, 11) is -5.01. The van der Waals surface area contributed by atoms with Crippen molar-refractivity contribution in [1.29, 1.82) is 0 Å². The highest BCUT2D eigenvalue weighted by Crippen LogP contribution is 2.47. The molecule has 0 amide bonds. The number of aliphatic hydroxyl groups is 5. The molecule has 0 radical (unpaired) electrons. The van der Waals surface area contributed by atoms with Crippen LogP contribution in [-0.2, 0) is 27.9 Å². The van der Waals surface area contributed by atoms with Crippen LogP contribution in [0.2, 0.25) is 0 Å². The molecule has 0 saturated heterocycles. The normalized spacial score (nSPS) is 23.8. The summed E-state index contributed by atoms with van der Waals surface area (Å²) in [4.78, 5) is 23.0. The van der Waals surface area contributed by atoms with Crippen molar-refractivity contribution in [1.82, 2.24) is 0 Å². The van der Waals surface area contributed by atoms with Crippen LogP contribution in [0.4, 0.5) is 0 Å². The van der Waals surface area contributed by atoms with Crippen molar-refractivity contribution in [2.24, 2.45) is 0 Å². The summed E-state index contributed by atoms with van der Waals surface area (Å²) in [5.41, 5.74) is 0. The third-order valence-electron chi connectivity index (χ3n) is 9.52. The second-order valence-corrected chi connectivity index (χ2v) is 15.9. The van der Waals surface area contributed by atoms with Crippen molar-refractivity contribution in [2.75, 3.05) is 19.8 Å². The van der Waals surface area contributed by atoms with E-state index in [0.29, 0.717) is 13.0 Å². The number of aliphatic hydroxyl groups excluding tert-OH is 5. The Hall–Kier alpha value is -1.44. The zero-order chi connectivity index (χ0) is 39.9. The molecule has 316 valence electrons. The molecule has 6 atom stereocenters. The van der Waals surface area contributed by atoms with Crippen LogP contribution in [-0.4, -0.2) is 98.9 Å². The first-order chi connectivity index (χ1) is 26.0. The van der Waals surface area contributed by atoms with Crippen molar-refractivity contribution in [2.45, 2.75) is 198 Å². The van der Waals surface area contributed by atoms with Gasteiger partial charge in [-0.1, -0.05) is 134 Å². The van der Waals surface area contributed by atoms with Gasteiger partial charge in [0.1, 0.15) is 42.7 Å². The molecule has 0 aromatic heterocycles. The molecular formula is C41H75O12P. The number of unbranched alkanes of at least 4 members (excludes halogenated alkanes) is 16. The highest BCUT2D eigenvalue weighted by atomic mass is 31.2. The van der Waals surface area contributed by atoms with Crippen LogP contribution in [0.25, 0.3) is 0 Å². The first kappa shape index (κ1) is 50.6. The van der Waals surface area contributed by atoms with Crippen LogP contribution >= 0.6 is 7.82 Å². The maximum Gasteiger partial charge on any atom is 0.472 e. The molecule has 12 nitrogen and oxygen atoms in total. The Morgan fingerprint density at radius 2 is 1.04 bits per heavy atom. The lowest BCUT2D eigenvalue weighted by atomic mass is 9.85. The van der Waals surface area contributed by atoms with E-state index in [1.54, 1.807) is 0 Å². The van der Waals surface area contributed by atoms with E-state index in [9.17, 15) is 39.8 Å². The highest BCUT2D eigenvalue weighted by molar-refractivity contribution is 7.47. The Kier molecular flexibility index (Phi) is 30.6. The van der Waals surface area contributed by atoms with Crippen LogP contribution in [0.15, 0.2) is 36.5 Å². The predicted octanol–water partition coefficient (Wildman–Crippen LogP) is 7.53. The Labute approximate surface area is 325 Å². The van der Waals surface area contributed by atoms with Gasteiger partial charge in [0.25, 0.3) is 0 Å². The fraction of sp³-hybridized carbons (Fsp3) is 0.829. The quantitative estimate of drug-likeness (QED) is 0.0163. The van der Waals surface area contributed by atoms with E-state index in [1.807, 2.05) is 0 Å². The molecule has 1 aliphatic rings. The number of rotatable bonds is 34. The summed E-state index contributed by atoms with van der Waals surface area (Å²) in [5, 5.41) is 50.0. The molecule has 54 heavy (non-hydrogen) atoms. The molecule has 13 heteroatoms. The van der Waals surface area contributed by atoms with Crippen LogP contribution in [0, 0.1) is 0 Å². The third-order valence-corrected chi connectivity index (χ3v) is 10.5. The maximum atomic E-state index is 12.7. The molecule has 0 aliphatic heterocycles. The Balaban J connectivity index is 2.40. The Morgan fingerprint density at radius 1 is 0.593 bits per heavy atom. The molecule has 6 unspecified atom stereocenters. The van der Waals surface area contributed by atoms with Gasteiger partial charge in [-0.3, -0.25) is 13.8 Å². The summed E-state index contributed by atoms with van der Waals surface area (Å²) < 4.78 is 33.9. The molecule has 0 spiro atoms. The summed E-state index contributed by atoms with van der Waals surface area (Å²) in [6, 6.07) is 0. The average Bonchev–Trinajstić information content (AvgIpc) is 3.15. The van der Waals surface area contributed by atoms with Crippen molar-refractivity contribution >= 4 is 13.8 Å². The lowest BCUT2D eigenvalue weighted by molar-refractivity contribution is -0.220. The van der Waals surface area contributed by atoms with Gasteiger partial charge in [0.15, 0.2) is 0 Å². The molecular weight excluding hydrogens is 715 g/mol. The summed E-state index contributed by atoms with van der Waals surface area (Å²) in [6.45, 7) is 4.16. The van der Waals surface area contributed by atoms with Gasteiger partial charge in [0.2, 0.25) is 0 Å². The number of carbonyl (C=O) groups is 1. The first-order valence-corrected chi connectivity index (χ1v) is 22.3. The number of ether oxygens (including phenoxy) is 2. The van der Waals surface area contributed by atoms with E-state index in [2.05, 4.69) is 50.3 Å². The monoisotopic (exact) mass is 790 g/mol. The number of hydrogen-bond donors (Lipinski definition) is 6. The first-order valence-electron chi connectivity index (χ1n) is 20.8. The molecule has 0 bridgehead atoms. The lowest BCUT2D eigenvalue weighted by Crippen LogP contribution is -2.64. The van der Waals surface area contributed by atoms with E-state index < -0.39 is 63.1 Å². The number of phosphoric ester groups is 1. The number of hydrogen-bond acceptors (Lipinski definition) is 11. The SMILES string of the molecule is CCCCC/C=C\C/C=C\C/C=C\CCCCCCCCC(=O)OC(COCCCCCCCCCC)COP(=O)(O)OC1C(O)C(O)C(O)C(O)C1O. The lowest BCUT2D eigenvalue weighted by Gasteiger charge is -2.41. The van der Waals surface area contributed by atoms with Gasteiger partial charge in [-0.2, -0.15) is 0 Å². The minimum atomic E-state index is -5.01. The van der Waals surface area contributed by atoms with Crippen molar-refractivity contribution in [3.8, 4) is 0 Å². The Bertz CT molecular complexity index is 1040. The van der Waals surface area contributed by atoms with Crippen molar-refractivity contribution < 1.29 is 58.3 Å². The number of allylic oxidation sites excluding steroid dienone is 6. The summed E-state index contributed by atoms with van der Waals surface area (Å²) in [5.74, 6) is -0.492. The van der Waals surface area contributed by atoms with Crippen LogP contribution in [0.3, 0.4) is 0 Å². The van der Waals surface area contributed by atoms with E-state index in [-0.39, 0.29) is 13.0 Å². The molecule has 1 saturated carbocycles. The van der Waals surface area contributed by atoms with E-state index in [0.717, 1.165) is 70.6 Å². The molecule has 0 heterocycles. The zero-order valence-electron chi connectivity index (χ0n) is 33.3. The van der Waals surface area contributed by atoms with Crippen molar-refractivity contribution in [3.05, 3.63) is 36.5 Å². The minimum absolute atomic E-state index is 0.0815. The molecule has 0 aromatic rings. The number of carbonyl (C=O) groups excluding carboxylic acids is 1. The number of phosphoric acid groups is 1. The molecule has 1 aliphatic carbocycles. The second-order valence-electron chi connectivity index (χ2n) is 14.5. The van der Waals surface area contributed by atoms with Crippen LogP contribution in [0.1, 0.15) is 155 Å². The molecule has 1 rings (SSSR count). The van der Waals surface area contributed by atoms with Gasteiger partial charge in [0.05, 0.1) is 13.2 Å². The standard InChI is InChI=1S/C41H75O12P/c1-3-5-7-9-11-13-14-15-16-17-18-19-20-21-22-23-24-26-28-30-35(42)52-34(32-50-31-29-27-25-12-10-8-6-4-2)33-51-54(48,49)53-41-39(46)37(44)36(43)38(45)40(41)47/h11,13,15-16,18-19,34,36-41,43-47H,3-10,12,14,17,20-33H2,1-2H3,(H,48,49)/b13-11-,16-15-,19-18-. The van der Waals surface area contributed by atoms with Gasteiger partial charge < -0.3 is 39.9 Å². The average molecular weight is 791 g/mol. The third kappa shape index (κ3) is 24.9. The van der Waals surface area contributed by atoms with E-state index in [4.69, 9.17) is 18.5 Å². The van der Waals surface area contributed by atoms with Gasteiger partial charge in [-0.05, 0) is 51.4 Å². The molecule has 0 aromatic carbocycles. The van der Waals surface area contributed by atoms with Gasteiger partial charge in [-0.15, -0.1) is 0 Å². The fourth-order valence-corrected chi connectivity index (χ4v) is 7.10. The summed E-state index contributed by atoms with van der Waals surface area (Å²) in [6.07, 6.45) is 23.7. The molecule has 1 fully saturated rings. The largest absolute Gasteiger partial charge is 0.472 e. The maximum absolute atomic E-state index is 12.7. The highest BCUT2D eigenvalue weighted by Gasteiger charge is 2.51. The van der Waals surface area contributed by atoms with Crippen LogP contribution in [0.5, 0.6) is 0 Å². The summed E-state index contributed by atoms with van der Waals surface area (Å²) >= 11 is 0. The van der Waals surface area contributed by atoms with E-state index in [1.165, 1.54) is 57.8 Å². The van der Waals surface area contributed by atoms with Gasteiger partial charge in [0, 0.05) is 13.0 Å². The zero-order valence-corrected chi connectivity index (χ0v) is 34.2. The minimum Gasteiger partial charge on any atom is -0.457 e. The number of esters is 1. The molecule has 6 N–H and O–H groups in total. The Morgan fingerprint density at radius 3 is 1.61 bits per heavy atom. The van der Waals surface area contributed by atoms with Gasteiger partial charge in [-0.25, -0.2) is 4.57 Å². The van der Waals surface area contributed by atoms with Crippen LogP contribution < -0.4 is 0 Å². The van der Waals surface area contributed by atoms with Crippen molar-refractivity contribution in [3.63, 3.8) is 0 Å². The smallest absolute Gasteiger partial charge is 0.457 e.